The van der Waals surface area contributed by atoms with Gasteiger partial charge < -0.3 is 5.11 Å². The summed E-state index contributed by atoms with van der Waals surface area (Å²) in [4.78, 5) is 13.0. The third-order valence-electron chi connectivity index (χ3n) is 3.02. The molecule has 0 aliphatic carbocycles. The van der Waals surface area contributed by atoms with Crippen molar-refractivity contribution in [3.8, 4) is 0 Å². The van der Waals surface area contributed by atoms with E-state index in [1.807, 2.05) is 6.92 Å². The molecule has 1 aromatic rings. The number of alkyl halides is 3. The van der Waals surface area contributed by atoms with Gasteiger partial charge in [-0.2, -0.15) is 23.3 Å². The zero-order valence-electron chi connectivity index (χ0n) is 10.9. The molecule has 2 rings (SSSR count). The number of amides is 1. The SMILES string of the molecule is CCc1cc(C(=O)N2N=C(C)C[C@]2(O)C(F)(F)F)cs1. The van der Waals surface area contributed by atoms with Crippen molar-refractivity contribution < 1.29 is 23.1 Å². The Kier molecular flexibility index (Phi) is 3.64. The number of thiophene rings is 1. The van der Waals surface area contributed by atoms with Gasteiger partial charge in [-0.05, 0) is 19.4 Å². The maximum atomic E-state index is 13.0. The summed E-state index contributed by atoms with van der Waals surface area (Å²) in [7, 11) is 0. The topological polar surface area (TPSA) is 52.9 Å². The molecular formula is C12H13F3N2O2S. The molecule has 0 unspecified atom stereocenters. The van der Waals surface area contributed by atoms with E-state index >= 15 is 0 Å². The molecule has 20 heavy (non-hydrogen) atoms. The van der Waals surface area contributed by atoms with E-state index in [0.29, 0.717) is 6.42 Å². The van der Waals surface area contributed by atoms with Crippen LogP contribution in [0.25, 0.3) is 0 Å². The Hall–Kier alpha value is -1.41. The third-order valence-corrected chi connectivity index (χ3v) is 4.10. The van der Waals surface area contributed by atoms with Crippen LogP contribution in [0.1, 0.15) is 35.5 Å². The number of hydrogen-bond donors (Lipinski definition) is 1. The fourth-order valence-electron chi connectivity index (χ4n) is 1.95. The van der Waals surface area contributed by atoms with Crippen LogP contribution in [-0.2, 0) is 6.42 Å². The predicted molar refractivity (Wildman–Crippen MR) is 68.6 cm³/mol. The number of rotatable bonds is 2. The second kappa shape index (κ2) is 4.85. The van der Waals surface area contributed by atoms with Gasteiger partial charge in [-0.3, -0.25) is 4.79 Å². The molecule has 1 atom stereocenters. The van der Waals surface area contributed by atoms with Crippen LogP contribution in [0.2, 0.25) is 0 Å². The molecule has 0 saturated heterocycles. The molecule has 8 heteroatoms. The van der Waals surface area contributed by atoms with Gasteiger partial charge in [-0.15, -0.1) is 11.3 Å². The van der Waals surface area contributed by atoms with Crippen molar-refractivity contribution >= 4 is 23.0 Å². The molecule has 0 bridgehead atoms. The quantitative estimate of drug-likeness (QED) is 0.913. The molecule has 1 aromatic heterocycles. The van der Waals surface area contributed by atoms with Gasteiger partial charge in [0.05, 0.1) is 5.56 Å². The van der Waals surface area contributed by atoms with Crippen LogP contribution in [-0.4, -0.2) is 33.6 Å². The van der Waals surface area contributed by atoms with Gasteiger partial charge in [-0.1, -0.05) is 6.92 Å². The van der Waals surface area contributed by atoms with Crippen LogP contribution in [0, 0.1) is 0 Å². The van der Waals surface area contributed by atoms with Gasteiger partial charge in [-0.25, -0.2) is 0 Å². The van der Waals surface area contributed by atoms with Crippen molar-refractivity contribution in [2.24, 2.45) is 5.10 Å². The summed E-state index contributed by atoms with van der Waals surface area (Å²) in [5.41, 5.74) is -3.10. The van der Waals surface area contributed by atoms with Gasteiger partial charge in [0.1, 0.15) is 0 Å². The Labute approximate surface area is 117 Å². The van der Waals surface area contributed by atoms with Gasteiger partial charge in [0.2, 0.25) is 0 Å². The largest absolute Gasteiger partial charge is 0.438 e. The first kappa shape index (κ1) is 15.0. The summed E-state index contributed by atoms with van der Waals surface area (Å²) in [6.07, 6.45) is -5.01. The molecule has 1 N–H and O–H groups in total. The Bertz CT molecular complexity index is 567. The highest BCUT2D eigenvalue weighted by Gasteiger charge is 2.62. The summed E-state index contributed by atoms with van der Waals surface area (Å²) in [5.74, 6) is -0.947. The van der Waals surface area contributed by atoms with Crippen LogP contribution < -0.4 is 0 Å². The zero-order chi connectivity index (χ0) is 15.1. The summed E-state index contributed by atoms with van der Waals surface area (Å²) in [6, 6.07) is 1.52. The summed E-state index contributed by atoms with van der Waals surface area (Å²) in [6.45, 7) is 3.22. The van der Waals surface area contributed by atoms with E-state index in [1.165, 1.54) is 29.7 Å². The molecule has 1 aliphatic rings. The van der Waals surface area contributed by atoms with Crippen LogP contribution in [0.5, 0.6) is 0 Å². The van der Waals surface area contributed by atoms with Crippen LogP contribution >= 0.6 is 11.3 Å². The molecule has 0 aromatic carbocycles. The predicted octanol–water partition coefficient (Wildman–Crippen LogP) is 2.78. The molecule has 0 saturated carbocycles. The Morgan fingerprint density at radius 3 is 2.75 bits per heavy atom. The van der Waals surface area contributed by atoms with E-state index in [4.69, 9.17) is 0 Å². The number of carbonyl (C=O) groups excluding carboxylic acids is 1. The lowest BCUT2D eigenvalue weighted by atomic mass is 10.1. The van der Waals surface area contributed by atoms with E-state index in [9.17, 15) is 23.1 Å². The van der Waals surface area contributed by atoms with Gasteiger partial charge in [0, 0.05) is 22.4 Å². The minimum Gasteiger partial charge on any atom is -0.362 e. The van der Waals surface area contributed by atoms with Crippen molar-refractivity contribution in [3.63, 3.8) is 0 Å². The summed E-state index contributed by atoms with van der Waals surface area (Å²) >= 11 is 1.29. The van der Waals surface area contributed by atoms with E-state index in [-0.39, 0.29) is 16.3 Å². The van der Waals surface area contributed by atoms with Crippen molar-refractivity contribution in [1.29, 1.82) is 0 Å². The summed E-state index contributed by atoms with van der Waals surface area (Å²) < 4.78 is 39.0. The number of aliphatic hydroxyl groups is 1. The standard InChI is InChI=1S/C12H13F3N2O2S/c1-3-9-4-8(6-20-9)10(18)17-11(19,12(13,14)15)5-7(2)16-17/h4,6,19H,3,5H2,1-2H3/t11-/m0/s1. The normalized spacial score (nSPS) is 23.1. The molecule has 0 spiro atoms. The molecule has 0 radical (unpaired) electrons. The number of carbonyl (C=O) groups is 1. The van der Waals surface area contributed by atoms with E-state index in [1.54, 1.807) is 0 Å². The maximum absolute atomic E-state index is 13.0. The number of hydrogen-bond acceptors (Lipinski definition) is 4. The molecule has 110 valence electrons. The first-order valence-corrected chi connectivity index (χ1v) is 6.82. The Morgan fingerprint density at radius 1 is 1.60 bits per heavy atom. The van der Waals surface area contributed by atoms with Crippen molar-refractivity contribution in [3.05, 3.63) is 21.9 Å². The van der Waals surface area contributed by atoms with E-state index in [2.05, 4.69) is 5.10 Å². The Morgan fingerprint density at radius 2 is 2.25 bits per heavy atom. The first-order valence-electron chi connectivity index (χ1n) is 5.94. The number of aryl methyl sites for hydroxylation is 1. The average molecular weight is 306 g/mol. The van der Waals surface area contributed by atoms with Crippen molar-refractivity contribution in [1.82, 2.24) is 5.01 Å². The second-order valence-corrected chi connectivity index (χ2v) is 5.59. The van der Waals surface area contributed by atoms with Crippen molar-refractivity contribution in [2.45, 2.75) is 38.6 Å². The molecule has 0 fully saturated rings. The molecule has 1 amide bonds. The number of hydrazone groups is 1. The van der Waals surface area contributed by atoms with Gasteiger partial charge >= 0.3 is 6.18 Å². The van der Waals surface area contributed by atoms with Crippen molar-refractivity contribution in [2.75, 3.05) is 0 Å². The Balaban J connectivity index is 2.36. The minimum atomic E-state index is -4.96. The fraction of sp³-hybridized carbons (Fsp3) is 0.500. The average Bonchev–Trinajstić information content (AvgIpc) is 2.92. The lowest BCUT2D eigenvalue weighted by Crippen LogP contribution is -2.56. The third kappa shape index (κ3) is 2.33. The van der Waals surface area contributed by atoms with E-state index in [0.717, 1.165) is 4.88 Å². The van der Waals surface area contributed by atoms with Gasteiger partial charge in [0.15, 0.2) is 0 Å². The summed E-state index contributed by atoms with van der Waals surface area (Å²) in [5, 5.41) is 15.0. The highest BCUT2D eigenvalue weighted by molar-refractivity contribution is 7.10. The van der Waals surface area contributed by atoms with Crippen LogP contribution in [0.3, 0.4) is 0 Å². The molecular weight excluding hydrogens is 293 g/mol. The minimum absolute atomic E-state index is 0.0594. The second-order valence-electron chi connectivity index (χ2n) is 4.60. The molecule has 1 aliphatic heterocycles. The maximum Gasteiger partial charge on any atom is 0.438 e. The van der Waals surface area contributed by atoms with Gasteiger partial charge in [0.25, 0.3) is 11.6 Å². The highest BCUT2D eigenvalue weighted by Crippen LogP contribution is 2.41. The number of halogens is 3. The lowest BCUT2D eigenvalue weighted by molar-refractivity contribution is -0.297. The zero-order valence-corrected chi connectivity index (χ0v) is 11.7. The monoisotopic (exact) mass is 306 g/mol. The van der Waals surface area contributed by atoms with E-state index < -0.39 is 24.2 Å². The lowest BCUT2D eigenvalue weighted by Gasteiger charge is -2.32. The molecule has 2 heterocycles. The smallest absolute Gasteiger partial charge is 0.362 e. The number of nitrogens with zero attached hydrogens (tertiary/aromatic N) is 2. The fourth-order valence-corrected chi connectivity index (χ4v) is 2.76. The van der Waals surface area contributed by atoms with Crippen LogP contribution in [0.4, 0.5) is 13.2 Å². The van der Waals surface area contributed by atoms with Crippen LogP contribution in [0.15, 0.2) is 16.5 Å². The molecule has 4 nitrogen and oxygen atoms in total. The highest BCUT2D eigenvalue weighted by atomic mass is 32.1. The first-order chi connectivity index (χ1) is 9.19.